The van der Waals surface area contributed by atoms with Crippen LogP contribution in [0.3, 0.4) is 0 Å². The van der Waals surface area contributed by atoms with E-state index >= 15 is 0 Å². The summed E-state index contributed by atoms with van der Waals surface area (Å²) in [4.78, 5) is 27.3. The van der Waals surface area contributed by atoms with Crippen molar-refractivity contribution in [3.8, 4) is 0 Å². The second kappa shape index (κ2) is 11.5. The number of aliphatic carboxylic acids is 1. The zero-order valence-corrected chi connectivity index (χ0v) is 18.3. The van der Waals surface area contributed by atoms with Crippen LogP contribution in [0, 0.1) is 12.8 Å². The summed E-state index contributed by atoms with van der Waals surface area (Å²) in [6.45, 7) is 5.71. The van der Waals surface area contributed by atoms with Crippen molar-refractivity contribution in [1.29, 1.82) is 0 Å². The van der Waals surface area contributed by atoms with Gasteiger partial charge in [-0.2, -0.15) is 0 Å². The molecule has 0 saturated carbocycles. The Morgan fingerprint density at radius 2 is 1.80 bits per heavy atom. The zero-order valence-electron chi connectivity index (χ0n) is 17.5. The third-order valence-corrected chi connectivity index (χ3v) is 5.55. The van der Waals surface area contributed by atoms with Crippen molar-refractivity contribution in [2.45, 2.75) is 57.0 Å². The molecule has 10 nitrogen and oxygen atoms in total. The molecule has 0 aliphatic heterocycles. The maximum absolute atomic E-state index is 12.2. The highest BCUT2D eigenvalue weighted by Crippen LogP contribution is 2.09. The van der Waals surface area contributed by atoms with Crippen molar-refractivity contribution in [3.63, 3.8) is 0 Å². The van der Waals surface area contributed by atoms with E-state index in [2.05, 4.69) is 15.0 Å². The number of nitrogens with two attached hydrogens (primary N) is 2. The van der Waals surface area contributed by atoms with Gasteiger partial charge in [-0.3, -0.25) is 9.79 Å². The molecule has 7 N–H and O–H groups in total. The van der Waals surface area contributed by atoms with E-state index in [1.807, 2.05) is 20.8 Å². The molecule has 2 atom stereocenters. The number of sulfonamides is 1. The van der Waals surface area contributed by atoms with Gasteiger partial charge in [0, 0.05) is 6.54 Å². The number of aliphatic imine (C=N–C) groups is 1. The highest BCUT2D eigenvalue weighted by Gasteiger charge is 2.23. The first-order valence-corrected chi connectivity index (χ1v) is 11.1. The van der Waals surface area contributed by atoms with E-state index in [1.165, 1.54) is 12.1 Å². The van der Waals surface area contributed by atoms with E-state index in [9.17, 15) is 23.1 Å². The van der Waals surface area contributed by atoms with Gasteiger partial charge in [-0.15, -0.1) is 0 Å². The minimum atomic E-state index is -3.83. The highest BCUT2D eigenvalue weighted by molar-refractivity contribution is 7.90. The van der Waals surface area contributed by atoms with Crippen LogP contribution in [0.15, 0.2) is 34.2 Å². The van der Waals surface area contributed by atoms with Crippen LogP contribution in [0.1, 0.15) is 38.7 Å². The van der Waals surface area contributed by atoms with Crippen LogP contribution in [-0.2, 0) is 19.6 Å². The van der Waals surface area contributed by atoms with E-state index in [0.29, 0.717) is 12.8 Å². The van der Waals surface area contributed by atoms with Crippen molar-refractivity contribution in [2.24, 2.45) is 22.4 Å². The first-order valence-electron chi connectivity index (χ1n) is 9.60. The van der Waals surface area contributed by atoms with Gasteiger partial charge >= 0.3 is 5.97 Å². The molecule has 168 valence electrons. The number of hydrogen-bond acceptors (Lipinski definition) is 6. The Morgan fingerprint density at radius 3 is 2.33 bits per heavy atom. The topological polar surface area (TPSA) is 177 Å². The van der Waals surface area contributed by atoms with Gasteiger partial charge in [0.15, 0.2) is 0 Å². The van der Waals surface area contributed by atoms with Crippen molar-refractivity contribution >= 4 is 27.9 Å². The van der Waals surface area contributed by atoms with Crippen molar-refractivity contribution in [1.82, 2.24) is 10.0 Å². The van der Waals surface area contributed by atoms with Crippen molar-refractivity contribution in [2.75, 3.05) is 6.54 Å². The molecule has 0 aromatic heterocycles. The van der Waals surface area contributed by atoms with Gasteiger partial charge in [-0.1, -0.05) is 31.5 Å². The third-order valence-electron chi connectivity index (χ3n) is 4.18. The Bertz CT molecular complexity index is 853. The number of hydrogen-bond donors (Lipinski definition) is 5. The first-order chi connectivity index (χ1) is 13.9. The number of carboxylic acid groups (broad SMARTS) is 1. The zero-order chi connectivity index (χ0) is 22.9. The molecule has 1 aromatic rings. The molecule has 11 heteroatoms. The lowest BCUT2D eigenvalue weighted by Gasteiger charge is -2.19. The molecule has 1 aromatic carbocycles. The molecule has 1 rings (SSSR count). The summed E-state index contributed by atoms with van der Waals surface area (Å²) in [6.07, 6.45) is 0.903. The van der Waals surface area contributed by atoms with E-state index in [0.717, 1.165) is 5.56 Å². The maximum Gasteiger partial charge on any atom is 0.326 e. The van der Waals surface area contributed by atoms with Crippen LogP contribution >= 0.6 is 0 Å². The molecule has 0 bridgehead atoms. The molecule has 1 amide bonds. The molecule has 0 aliphatic rings. The van der Waals surface area contributed by atoms with Crippen LogP contribution < -0.4 is 21.5 Å². The lowest BCUT2D eigenvalue weighted by molar-refractivity contribution is -0.142. The molecular weight excluding hydrogens is 410 g/mol. The van der Waals surface area contributed by atoms with E-state index in [4.69, 9.17) is 11.5 Å². The lowest BCUT2D eigenvalue weighted by atomic mass is 10.0. The number of carbonyl (C=O) groups is 2. The van der Waals surface area contributed by atoms with Gasteiger partial charge in [-0.25, -0.2) is 17.9 Å². The number of rotatable bonds is 11. The van der Waals surface area contributed by atoms with E-state index in [-0.39, 0.29) is 29.7 Å². The normalized spacial score (nSPS) is 14.2. The minimum absolute atomic E-state index is 0.0688. The lowest BCUT2D eigenvalue weighted by Crippen LogP contribution is -2.48. The second-order valence-corrected chi connectivity index (χ2v) is 9.15. The van der Waals surface area contributed by atoms with Crippen LogP contribution in [0.5, 0.6) is 0 Å². The van der Waals surface area contributed by atoms with Crippen LogP contribution in [0.2, 0.25) is 0 Å². The number of carbonyl (C=O) groups excluding carboxylic acids is 1. The summed E-state index contributed by atoms with van der Waals surface area (Å²) >= 11 is 0. The van der Waals surface area contributed by atoms with Gasteiger partial charge < -0.3 is 21.9 Å². The summed E-state index contributed by atoms with van der Waals surface area (Å²) in [5.41, 5.74) is 12.4. The molecule has 0 saturated heterocycles. The number of carboxylic acids is 1. The predicted octanol–water partition coefficient (Wildman–Crippen LogP) is 0.311. The van der Waals surface area contributed by atoms with Crippen LogP contribution in [0.25, 0.3) is 0 Å². The van der Waals surface area contributed by atoms with Gasteiger partial charge in [0.1, 0.15) is 6.04 Å². The van der Waals surface area contributed by atoms with E-state index < -0.39 is 34.0 Å². The Balaban J connectivity index is 2.50. The molecule has 0 fully saturated rings. The van der Waals surface area contributed by atoms with Gasteiger partial charge in [0.2, 0.25) is 11.9 Å². The minimum Gasteiger partial charge on any atom is -0.480 e. The van der Waals surface area contributed by atoms with E-state index in [1.54, 1.807) is 12.1 Å². The average Bonchev–Trinajstić information content (AvgIpc) is 2.63. The summed E-state index contributed by atoms with van der Waals surface area (Å²) in [7, 11) is -3.83. The summed E-state index contributed by atoms with van der Waals surface area (Å²) in [6, 6.07) is 4.38. The number of nitrogens with one attached hydrogen (secondary N) is 2. The van der Waals surface area contributed by atoms with Gasteiger partial charge in [-0.05, 0) is 44.2 Å². The predicted molar refractivity (Wildman–Crippen MR) is 114 cm³/mol. The van der Waals surface area contributed by atoms with Crippen LogP contribution in [0.4, 0.5) is 0 Å². The SMILES string of the molecule is Cc1ccc(S(=O)(=O)NC(N)=NCCC[C@H](N)C(=O)N[C@@H](CC(C)C)C(=O)O)cc1. The number of nitrogens with zero attached hydrogens (tertiary/aromatic N) is 1. The smallest absolute Gasteiger partial charge is 0.326 e. The van der Waals surface area contributed by atoms with Gasteiger partial charge in [0.05, 0.1) is 10.9 Å². The standard InChI is InChI=1S/C19H31N5O5S/c1-12(2)11-16(18(26)27)23-17(25)15(20)5-4-10-22-19(21)24-30(28,29)14-8-6-13(3)7-9-14/h6-9,12,15-16H,4-5,10-11,20H2,1-3H3,(H,23,25)(H,26,27)(H3,21,22,24)/t15-,16-/m0/s1. The average molecular weight is 442 g/mol. The Kier molecular flexibility index (Phi) is 9.73. The fourth-order valence-electron chi connectivity index (χ4n) is 2.56. The molecule has 0 aliphatic carbocycles. The number of amides is 1. The Morgan fingerprint density at radius 1 is 1.20 bits per heavy atom. The largest absolute Gasteiger partial charge is 0.480 e. The molecular formula is C19H31N5O5S. The quantitative estimate of drug-likeness (QED) is 0.186. The Hall–Kier alpha value is -2.66. The summed E-state index contributed by atoms with van der Waals surface area (Å²) in [5.74, 6) is -1.83. The Labute approximate surface area is 177 Å². The third kappa shape index (κ3) is 8.78. The number of benzene rings is 1. The number of guanidine groups is 1. The number of aryl methyl sites for hydroxylation is 1. The monoisotopic (exact) mass is 441 g/mol. The molecule has 30 heavy (non-hydrogen) atoms. The molecule has 0 radical (unpaired) electrons. The second-order valence-electron chi connectivity index (χ2n) is 7.46. The molecule has 0 heterocycles. The molecule has 0 spiro atoms. The highest BCUT2D eigenvalue weighted by atomic mass is 32.2. The maximum atomic E-state index is 12.2. The van der Waals surface area contributed by atoms with Crippen LogP contribution in [-0.4, -0.2) is 50.0 Å². The van der Waals surface area contributed by atoms with Crippen molar-refractivity contribution < 1.29 is 23.1 Å². The molecule has 0 unspecified atom stereocenters. The first kappa shape index (κ1) is 25.4. The fraction of sp³-hybridized carbons (Fsp3) is 0.526. The fourth-order valence-corrected chi connectivity index (χ4v) is 3.51. The summed E-state index contributed by atoms with van der Waals surface area (Å²) in [5, 5.41) is 11.6. The summed E-state index contributed by atoms with van der Waals surface area (Å²) < 4.78 is 26.6. The van der Waals surface area contributed by atoms with Gasteiger partial charge in [0.25, 0.3) is 10.0 Å². The van der Waals surface area contributed by atoms with Crippen molar-refractivity contribution in [3.05, 3.63) is 29.8 Å².